The zero-order valence-corrected chi connectivity index (χ0v) is 4.67. The molecule has 0 N–H and O–H groups in total. The SMILES string of the molecule is N#CN1CC=CCC1. The molecule has 0 saturated heterocycles. The number of hydrogen-bond acceptors (Lipinski definition) is 2. The Bertz CT molecular complexity index is 132. The number of rotatable bonds is 0. The molecule has 0 unspecified atom stereocenters. The van der Waals surface area contributed by atoms with Gasteiger partial charge in [0.1, 0.15) is 0 Å². The van der Waals surface area contributed by atoms with Gasteiger partial charge in [-0.3, -0.25) is 0 Å². The molecule has 0 bridgehead atoms. The first-order valence-electron chi connectivity index (χ1n) is 2.73. The van der Waals surface area contributed by atoms with Gasteiger partial charge in [-0.2, -0.15) is 5.26 Å². The molecule has 8 heavy (non-hydrogen) atoms. The van der Waals surface area contributed by atoms with Crippen molar-refractivity contribution in [3.63, 3.8) is 0 Å². The van der Waals surface area contributed by atoms with Crippen molar-refractivity contribution >= 4 is 0 Å². The standard InChI is InChI=1S/C6H8N2/c7-6-8-4-2-1-3-5-8/h1-2H,3-5H2. The van der Waals surface area contributed by atoms with Crippen molar-refractivity contribution in [3.05, 3.63) is 12.2 Å². The van der Waals surface area contributed by atoms with Gasteiger partial charge in [-0.25, -0.2) is 0 Å². The molecule has 0 radical (unpaired) electrons. The normalized spacial score (nSPS) is 18.1. The lowest BCUT2D eigenvalue weighted by molar-refractivity contribution is 0.426. The Morgan fingerprint density at radius 1 is 1.50 bits per heavy atom. The van der Waals surface area contributed by atoms with Crippen molar-refractivity contribution < 1.29 is 0 Å². The molecule has 1 rings (SSSR count). The predicted molar refractivity (Wildman–Crippen MR) is 30.9 cm³/mol. The van der Waals surface area contributed by atoms with E-state index in [0.29, 0.717) is 0 Å². The van der Waals surface area contributed by atoms with Gasteiger partial charge in [0, 0.05) is 13.1 Å². The van der Waals surface area contributed by atoms with E-state index in [2.05, 4.69) is 12.3 Å². The Kier molecular flexibility index (Phi) is 1.53. The van der Waals surface area contributed by atoms with Crippen LogP contribution < -0.4 is 0 Å². The van der Waals surface area contributed by atoms with Gasteiger partial charge in [-0.05, 0) is 6.42 Å². The zero-order chi connectivity index (χ0) is 5.82. The summed E-state index contributed by atoms with van der Waals surface area (Å²) in [7, 11) is 0. The molecule has 0 spiro atoms. The Balaban J connectivity index is 2.41. The summed E-state index contributed by atoms with van der Waals surface area (Å²) in [6.45, 7) is 1.70. The van der Waals surface area contributed by atoms with E-state index in [9.17, 15) is 0 Å². The fourth-order valence-corrected chi connectivity index (χ4v) is 0.732. The van der Waals surface area contributed by atoms with Gasteiger partial charge >= 0.3 is 0 Å². The molecule has 0 saturated carbocycles. The summed E-state index contributed by atoms with van der Waals surface area (Å²) >= 11 is 0. The molecule has 0 aromatic carbocycles. The van der Waals surface area contributed by atoms with Crippen molar-refractivity contribution in [2.75, 3.05) is 13.1 Å². The molecule has 0 atom stereocenters. The second kappa shape index (κ2) is 2.37. The van der Waals surface area contributed by atoms with Gasteiger partial charge in [0.15, 0.2) is 6.19 Å². The first kappa shape index (κ1) is 5.17. The van der Waals surface area contributed by atoms with Gasteiger partial charge in [0.25, 0.3) is 0 Å². The first-order valence-corrected chi connectivity index (χ1v) is 2.73. The topological polar surface area (TPSA) is 27.0 Å². The Morgan fingerprint density at radius 3 is 2.75 bits per heavy atom. The van der Waals surface area contributed by atoms with Gasteiger partial charge in [-0.1, -0.05) is 12.2 Å². The van der Waals surface area contributed by atoms with Gasteiger partial charge < -0.3 is 4.90 Å². The number of nitriles is 1. The van der Waals surface area contributed by atoms with Gasteiger partial charge in [-0.15, -0.1) is 0 Å². The highest BCUT2D eigenvalue weighted by Crippen LogP contribution is 1.97. The highest BCUT2D eigenvalue weighted by molar-refractivity contribution is 4.94. The van der Waals surface area contributed by atoms with Crippen LogP contribution in [0.1, 0.15) is 6.42 Å². The predicted octanol–water partition coefficient (Wildman–Crippen LogP) is 0.729. The molecule has 1 aliphatic heterocycles. The highest BCUT2D eigenvalue weighted by atomic mass is 15.1. The average molecular weight is 108 g/mol. The van der Waals surface area contributed by atoms with Crippen LogP contribution in [0, 0.1) is 11.5 Å². The third-order valence-corrected chi connectivity index (χ3v) is 1.20. The van der Waals surface area contributed by atoms with Crippen molar-refractivity contribution in [1.29, 1.82) is 5.26 Å². The molecule has 1 aliphatic rings. The Labute approximate surface area is 49.0 Å². The van der Waals surface area contributed by atoms with E-state index >= 15 is 0 Å². The lowest BCUT2D eigenvalue weighted by Gasteiger charge is -2.14. The summed E-state index contributed by atoms with van der Waals surface area (Å²) in [5, 5.41) is 8.33. The highest BCUT2D eigenvalue weighted by Gasteiger charge is 1.99. The summed E-state index contributed by atoms with van der Waals surface area (Å²) in [6.07, 6.45) is 7.23. The minimum Gasteiger partial charge on any atom is -0.307 e. The smallest absolute Gasteiger partial charge is 0.179 e. The average Bonchev–Trinajstić information content (AvgIpc) is 1.90. The Hall–Kier alpha value is -0.970. The molecule has 2 nitrogen and oxygen atoms in total. The summed E-state index contributed by atoms with van der Waals surface area (Å²) in [5.74, 6) is 0. The van der Waals surface area contributed by atoms with Gasteiger partial charge in [0.2, 0.25) is 0 Å². The van der Waals surface area contributed by atoms with E-state index < -0.39 is 0 Å². The van der Waals surface area contributed by atoms with Crippen LogP contribution in [0.25, 0.3) is 0 Å². The maximum absolute atomic E-state index is 8.33. The van der Waals surface area contributed by atoms with E-state index in [1.54, 1.807) is 4.90 Å². The summed E-state index contributed by atoms with van der Waals surface area (Å²) in [6, 6.07) is 0. The molecule has 0 aromatic heterocycles. The maximum Gasteiger partial charge on any atom is 0.179 e. The van der Waals surface area contributed by atoms with Crippen LogP contribution in [0.2, 0.25) is 0 Å². The van der Waals surface area contributed by atoms with E-state index in [4.69, 9.17) is 5.26 Å². The fraction of sp³-hybridized carbons (Fsp3) is 0.500. The lowest BCUT2D eigenvalue weighted by Crippen LogP contribution is -2.21. The lowest BCUT2D eigenvalue weighted by atomic mass is 10.3. The van der Waals surface area contributed by atoms with Gasteiger partial charge in [0.05, 0.1) is 0 Å². The number of nitrogens with zero attached hydrogens (tertiary/aromatic N) is 2. The van der Waals surface area contributed by atoms with Crippen LogP contribution in [-0.2, 0) is 0 Å². The van der Waals surface area contributed by atoms with E-state index in [-0.39, 0.29) is 0 Å². The van der Waals surface area contributed by atoms with E-state index in [1.807, 2.05) is 6.08 Å². The molecule has 0 aliphatic carbocycles. The van der Waals surface area contributed by atoms with Crippen LogP contribution in [0.4, 0.5) is 0 Å². The molecule has 0 aromatic rings. The van der Waals surface area contributed by atoms with E-state index in [1.165, 1.54) is 0 Å². The van der Waals surface area contributed by atoms with Crippen molar-refractivity contribution in [3.8, 4) is 6.19 Å². The molecular formula is C6H8N2. The molecular weight excluding hydrogens is 100 g/mol. The maximum atomic E-state index is 8.33. The fourth-order valence-electron chi connectivity index (χ4n) is 0.732. The second-order valence-corrected chi connectivity index (χ2v) is 1.81. The molecule has 1 heterocycles. The molecule has 0 amide bonds. The second-order valence-electron chi connectivity index (χ2n) is 1.81. The third kappa shape index (κ3) is 1.00. The zero-order valence-electron chi connectivity index (χ0n) is 4.67. The van der Waals surface area contributed by atoms with Crippen LogP contribution in [-0.4, -0.2) is 18.0 Å². The summed E-state index contributed by atoms with van der Waals surface area (Å²) in [5.41, 5.74) is 0. The minimum atomic E-state index is 0.802. The van der Waals surface area contributed by atoms with E-state index in [0.717, 1.165) is 19.5 Å². The Morgan fingerprint density at radius 2 is 2.38 bits per heavy atom. The van der Waals surface area contributed by atoms with Crippen LogP contribution in [0.5, 0.6) is 0 Å². The third-order valence-electron chi connectivity index (χ3n) is 1.20. The number of hydrogen-bond donors (Lipinski definition) is 0. The largest absolute Gasteiger partial charge is 0.307 e. The van der Waals surface area contributed by atoms with Crippen molar-refractivity contribution in [1.82, 2.24) is 4.90 Å². The summed E-state index contributed by atoms with van der Waals surface area (Å²) in [4.78, 5) is 1.74. The first-order chi connectivity index (χ1) is 3.93. The molecule has 2 heteroatoms. The quantitative estimate of drug-likeness (QED) is 0.338. The van der Waals surface area contributed by atoms with Crippen LogP contribution in [0.15, 0.2) is 12.2 Å². The van der Waals surface area contributed by atoms with Crippen LogP contribution >= 0.6 is 0 Å². The molecule has 42 valence electrons. The van der Waals surface area contributed by atoms with Crippen LogP contribution in [0.3, 0.4) is 0 Å². The van der Waals surface area contributed by atoms with Crippen molar-refractivity contribution in [2.45, 2.75) is 6.42 Å². The molecule has 0 fully saturated rings. The minimum absolute atomic E-state index is 0.802. The van der Waals surface area contributed by atoms with Crippen molar-refractivity contribution in [2.24, 2.45) is 0 Å². The summed E-state index contributed by atoms with van der Waals surface area (Å²) < 4.78 is 0. The monoisotopic (exact) mass is 108 g/mol.